The average molecular weight is 403 g/mol. The van der Waals surface area contributed by atoms with Gasteiger partial charge in [-0.05, 0) is 53.6 Å². The van der Waals surface area contributed by atoms with Crippen LogP contribution in [0.4, 0.5) is 5.69 Å². The van der Waals surface area contributed by atoms with E-state index in [2.05, 4.69) is 12.2 Å². The molecule has 0 radical (unpaired) electrons. The fourth-order valence-electron chi connectivity index (χ4n) is 3.11. The number of ketones is 1. The molecular formula is C25H25NO4. The number of esters is 1. The molecule has 0 bridgehead atoms. The Morgan fingerprint density at radius 2 is 1.53 bits per heavy atom. The van der Waals surface area contributed by atoms with E-state index in [9.17, 15) is 14.4 Å². The number of carbonyl (C=O) groups excluding carboxylic acids is 3. The summed E-state index contributed by atoms with van der Waals surface area (Å²) in [5, 5.41) is 4.78. The molecule has 3 aromatic rings. The molecule has 5 heteroatoms. The first-order valence-electron chi connectivity index (χ1n) is 10.2. The van der Waals surface area contributed by atoms with Crippen molar-refractivity contribution in [2.75, 3.05) is 11.9 Å². The largest absolute Gasteiger partial charge is 0.454 e. The number of anilines is 1. The lowest BCUT2D eigenvalue weighted by molar-refractivity contribution is -0.116. The Balaban J connectivity index is 1.52. The van der Waals surface area contributed by atoms with Gasteiger partial charge in [0.25, 0.3) is 0 Å². The molecular weight excluding hydrogens is 378 g/mol. The van der Waals surface area contributed by atoms with Crippen molar-refractivity contribution >= 4 is 34.1 Å². The smallest absolute Gasteiger partial charge is 0.338 e. The third-order valence-corrected chi connectivity index (χ3v) is 4.82. The van der Waals surface area contributed by atoms with Gasteiger partial charge in [0.15, 0.2) is 12.4 Å². The van der Waals surface area contributed by atoms with Crippen LogP contribution in [-0.2, 0) is 9.53 Å². The zero-order valence-electron chi connectivity index (χ0n) is 17.0. The van der Waals surface area contributed by atoms with Gasteiger partial charge in [-0.15, -0.1) is 0 Å². The van der Waals surface area contributed by atoms with Crippen molar-refractivity contribution in [3.05, 3.63) is 77.9 Å². The van der Waals surface area contributed by atoms with E-state index < -0.39 is 5.97 Å². The van der Waals surface area contributed by atoms with E-state index >= 15 is 0 Å². The summed E-state index contributed by atoms with van der Waals surface area (Å²) in [5.74, 6) is -0.873. The maximum atomic E-state index is 12.3. The number of amides is 1. The number of unbranched alkanes of at least 4 members (excludes halogenated alkanes) is 2. The molecule has 0 aliphatic rings. The van der Waals surface area contributed by atoms with Gasteiger partial charge in [0.2, 0.25) is 5.91 Å². The molecule has 0 aliphatic carbocycles. The van der Waals surface area contributed by atoms with Crippen LogP contribution in [0.2, 0.25) is 0 Å². The third-order valence-electron chi connectivity index (χ3n) is 4.82. The van der Waals surface area contributed by atoms with E-state index in [4.69, 9.17) is 4.74 Å². The van der Waals surface area contributed by atoms with E-state index in [0.29, 0.717) is 23.2 Å². The SMILES string of the molecule is CCCCCC(=O)Nc1ccc(C(=O)COC(=O)c2ccc3ccccc3c2)cc1. The molecule has 154 valence electrons. The van der Waals surface area contributed by atoms with Gasteiger partial charge < -0.3 is 10.1 Å². The molecule has 0 atom stereocenters. The summed E-state index contributed by atoms with van der Waals surface area (Å²) < 4.78 is 5.18. The van der Waals surface area contributed by atoms with Crippen LogP contribution >= 0.6 is 0 Å². The maximum Gasteiger partial charge on any atom is 0.338 e. The number of carbonyl (C=O) groups is 3. The van der Waals surface area contributed by atoms with Crippen molar-refractivity contribution in [3.8, 4) is 0 Å². The molecule has 1 amide bonds. The predicted octanol–water partition coefficient (Wildman–Crippen LogP) is 5.40. The van der Waals surface area contributed by atoms with Gasteiger partial charge in [-0.3, -0.25) is 9.59 Å². The Morgan fingerprint density at radius 3 is 2.27 bits per heavy atom. The Morgan fingerprint density at radius 1 is 0.833 bits per heavy atom. The maximum absolute atomic E-state index is 12.3. The third kappa shape index (κ3) is 5.77. The summed E-state index contributed by atoms with van der Waals surface area (Å²) >= 11 is 0. The monoisotopic (exact) mass is 403 g/mol. The van der Waals surface area contributed by atoms with Crippen LogP contribution in [0.5, 0.6) is 0 Å². The van der Waals surface area contributed by atoms with Crippen LogP contribution in [0, 0.1) is 0 Å². The second-order valence-electron chi connectivity index (χ2n) is 7.14. The van der Waals surface area contributed by atoms with E-state index in [1.54, 1.807) is 36.4 Å². The molecule has 0 fully saturated rings. The zero-order chi connectivity index (χ0) is 21.3. The highest BCUT2D eigenvalue weighted by Crippen LogP contribution is 2.17. The van der Waals surface area contributed by atoms with E-state index in [0.717, 1.165) is 30.0 Å². The normalized spacial score (nSPS) is 10.6. The first-order valence-corrected chi connectivity index (χ1v) is 10.2. The Hall–Kier alpha value is -3.47. The molecule has 0 unspecified atom stereocenters. The van der Waals surface area contributed by atoms with Crippen molar-refractivity contribution in [1.29, 1.82) is 0 Å². The molecule has 3 aromatic carbocycles. The Bertz CT molecular complexity index is 1040. The number of Topliss-reactive ketones (excluding diaryl/α,β-unsaturated/α-hetero) is 1. The number of hydrogen-bond donors (Lipinski definition) is 1. The summed E-state index contributed by atoms with van der Waals surface area (Å²) in [7, 11) is 0. The second-order valence-corrected chi connectivity index (χ2v) is 7.14. The lowest BCUT2D eigenvalue weighted by atomic mass is 10.1. The van der Waals surface area contributed by atoms with Gasteiger partial charge in [-0.2, -0.15) is 0 Å². The molecule has 0 aromatic heterocycles. The standard InChI is InChI=1S/C25H25NO4/c1-2-3-4-9-24(28)26-22-14-12-19(13-15-22)23(27)17-30-25(29)21-11-10-18-7-5-6-8-20(18)16-21/h5-8,10-16H,2-4,9,17H2,1H3,(H,26,28). The van der Waals surface area contributed by atoms with Crippen LogP contribution in [0.25, 0.3) is 10.8 Å². The summed E-state index contributed by atoms with van der Waals surface area (Å²) in [4.78, 5) is 36.5. The minimum absolute atomic E-state index is 0.0353. The van der Waals surface area contributed by atoms with Crippen molar-refractivity contribution < 1.29 is 19.1 Å². The Labute approximate surface area is 176 Å². The molecule has 0 aliphatic heterocycles. The highest BCUT2D eigenvalue weighted by atomic mass is 16.5. The molecule has 0 heterocycles. The summed E-state index contributed by atoms with van der Waals surface area (Å²) in [6, 6.07) is 19.6. The minimum atomic E-state index is -0.537. The van der Waals surface area contributed by atoms with Crippen LogP contribution < -0.4 is 5.32 Å². The summed E-state index contributed by atoms with van der Waals surface area (Å²) in [5.41, 5.74) is 1.47. The van der Waals surface area contributed by atoms with E-state index in [-0.39, 0.29) is 18.3 Å². The average Bonchev–Trinajstić information content (AvgIpc) is 2.77. The molecule has 5 nitrogen and oxygen atoms in total. The van der Waals surface area contributed by atoms with Gasteiger partial charge >= 0.3 is 5.97 Å². The van der Waals surface area contributed by atoms with Gasteiger partial charge in [0, 0.05) is 17.7 Å². The first-order chi connectivity index (χ1) is 14.6. The fraction of sp³-hybridized carbons (Fsp3) is 0.240. The molecule has 0 saturated carbocycles. The highest BCUT2D eigenvalue weighted by Gasteiger charge is 2.13. The number of fused-ring (bicyclic) bond motifs is 1. The number of nitrogens with one attached hydrogen (secondary N) is 1. The van der Waals surface area contributed by atoms with Crippen molar-refractivity contribution in [1.82, 2.24) is 0 Å². The summed E-state index contributed by atoms with van der Waals surface area (Å²) in [6.07, 6.45) is 3.44. The molecule has 30 heavy (non-hydrogen) atoms. The van der Waals surface area contributed by atoms with Crippen LogP contribution in [0.1, 0.15) is 53.3 Å². The lowest BCUT2D eigenvalue weighted by Gasteiger charge is -2.07. The number of benzene rings is 3. The van der Waals surface area contributed by atoms with E-state index in [1.165, 1.54) is 0 Å². The fourth-order valence-corrected chi connectivity index (χ4v) is 3.11. The van der Waals surface area contributed by atoms with Crippen molar-refractivity contribution in [2.45, 2.75) is 32.6 Å². The molecule has 1 N–H and O–H groups in total. The second kappa shape index (κ2) is 10.3. The topological polar surface area (TPSA) is 72.5 Å². The molecule has 0 saturated heterocycles. The predicted molar refractivity (Wildman–Crippen MR) is 118 cm³/mol. The van der Waals surface area contributed by atoms with Crippen LogP contribution in [-0.4, -0.2) is 24.3 Å². The zero-order valence-corrected chi connectivity index (χ0v) is 17.0. The molecule has 0 spiro atoms. The van der Waals surface area contributed by atoms with Gasteiger partial charge in [0.05, 0.1) is 5.56 Å². The molecule has 3 rings (SSSR count). The van der Waals surface area contributed by atoms with E-state index in [1.807, 2.05) is 30.3 Å². The lowest BCUT2D eigenvalue weighted by Crippen LogP contribution is -2.15. The first kappa shape index (κ1) is 21.2. The quantitative estimate of drug-likeness (QED) is 0.295. The Kier molecular flexibility index (Phi) is 7.33. The minimum Gasteiger partial charge on any atom is -0.454 e. The van der Waals surface area contributed by atoms with Crippen molar-refractivity contribution in [2.24, 2.45) is 0 Å². The van der Waals surface area contributed by atoms with Crippen molar-refractivity contribution in [3.63, 3.8) is 0 Å². The van der Waals surface area contributed by atoms with Gasteiger partial charge in [-0.25, -0.2) is 4.79 Å². The summed E-state index contributed by atoms with van der Waals surface area (Å²) in [6.45, 7) is 1.75. The van der Waals surface area contributed by atoms with Crippen LogP contribution in [0.15, 0.2) is 66.7 Å². The number of ether oxygens (including phenoxy) is 1. The number of hydrogen-bond acceptors (Lipinski definition) is 4. The number of rotatable bonds is 9. The highest BCUT2D eigenvalue weighted by molar-refractivity contribution is 6.01. The van der Waals surface area contributed by atoms with Gasteiger partial charge in [-0.1, -0.05) is 50.1 Å². The van der Waals surface area contributed by atoms with Gasteiger partial charge in [0.1, 0.15) is 0 Å². The van der Waals surface area contributed by atoms with Crippen LogP contribution in [0.3, 0.4) is 0 Å².